The van der Waals surface area contributed by atoms with Crippen molar-refractivity contribution in [3.63, 3.8) is 0 Å². The van der Waals surface area contributed by atoms with E-state index in [1.807, 2.05) is 0 Å². The minimum Gasteiger partial charge on any atom is -0.358 e. The highest BCUT2D eigenvalue weighted by molar-refractivity contribution is 5.80. The van der Waals surface area contributed by atoms with Crippen LogP contribution >= 0.6 is 0 Å². The van der Waals surface area contributed by atoms with Gasteiger partial charge in [0.15, 0.2) is 0 Å². The zero-order chi connectivity index (χ0) is 19.6. The third-order valence-electron chi connectivity index (χ3n) is 6.43. The molecule has 1 unspecified atom stereocenters. The van der Waals surface area contributed by atoms with Crippen LogP contribution in [-0.4, -0.2) is 30.0 Å². The van der Waals surface area contributed by atoms with Crippen LogP contribution in [0.2, 0.25) is 0 Å². The maximum atomic E-state index is 3.69. The average Bonchev–Trinajstić information content (AvgIpc) is 3.19. The Balaban J connectivity index is 1.57. The van der Waals surface area contributed by atoms with Crippen LogP contribution < -0.4 is 0 Å². The molecule has 2 heteroatoms. The lowest BCUT2D eigenvalue weighted by atomic mass is 9.84. The molecule has 2 nitrogen and oxygen atoms in total. The molecule has 3 aromatic carbocycles. The molecule has 0 bridgehead atoms. The number of nitrogens with one attached hydrogen (secondary N) is 1. The molecular formula is C27H28N2. The Morgan fingerprint density at radius 1 is 0.793 bits per heavy atom. The second kappa shape index (κ2) is 7.88. The normalized spacial score (nSPS) is 16.9. The highest BCUT2D eigenvalue weighted by Crippen LogP contribution is 2.36. The fraction of sp³-hybridized carbons (Fsp3) is 0.259. The van der Waals surface area contributed by atoms with Crippen LogP contribution in [0.5, 0.6) is 0 Å². The molecule has 0 saturated carbocycles. The molecule has 0 amide bonds. The first-order valence-corrected chi connectivity index (χ1v) is 10.7. The maximum absolute atomic E-state index is 3.69. The molecule has 1 aromatic heterocycles. The van der Waals surface area contributed by atoms with Gasteiger partial charge in [0.1, 0.15) is 0 Å². The number of fused-ring (bicyclic) bond motifs is 1. The molecule has 146 valence electrons. The quantitative estimate of drug-likeness (QED) is 0.449. The lowest BCUT2D eigenvalue weighted by Gasteiger charge is -2.29. The summed E-state index contributed by atoms with van der Waals surface area (Å²) >= 11 is 0. The molecule has 4 aromatic rings. The Hall–Kier alpha value is -2.84. The summed E-state index contributed by atoms with van der Waals surface area (Å²) in [5, 5.41) is 1.27. The van der Waals surface area contributed by atoms with Gasteiger partial charge in [0.2, 0.25) is 0 Å². The van der Waals surface area contributed by atoms with Gasteiger partial charge in [-0.3, -0.25) is 0 Å². The largest absolute Gasteiger partial charge is 0.358 e. The third-order valence-corrected chi connectivity index (χ3v) is 6.43. The molecule has 2 heterocycles. The molecule has 29 heavy (non-hydrogen) atoms. The second-order valence-electron chi connectivity index (χ2n) is 8.40. The van der Waals surface area contributed by atoms with Crippen molar-refractivity contribution in [1.82, 2.24) is 9.88 Å². The zero-order valence-electron chi connectivity index (χ0n) is 17.0. The van der Waals surface area contributed by atoms with Crippen molar-refractivity contribution >= 4 is 10.9 Å². The number of likely N-dealkylation sites (tertiary alicyclic amines) is 1. The Morgan fingerprint density at radius 3 is 2.31 bits per heavy atom. The summed E-state index contributed by atoms with van der Waals surface area (Å²) in [5.41, 5.74) is 6.67. The van der Waals surface area contributed by atoms with Crippen LogP contribution in [0, 0.1) is 0 Å². The summed E-state index contributed by atoms with van der Waals surface area (Å²) in [5.74, 6) is 0.889. The number of hydrogen-bond donors (Lipinski definition) is 1. The van der Waals surface area contributed by atoms with E-state index in [4.69, 9.17) is 0 Å². The van der Waals surface area contributed by atoms with E-state index in [9.17, 15) is 0 Å². The first-order chi connectivity index (χ1) is 14.3. The number of H-pyrrole nitrogens is 1. The fourth-order valence-corrected chi connectivity index (χ4v) is 4.78. The maximum Gasteiger partial charge on any atom is 0.0491 e. The Kier molecular flexibility index (Phi) is 4.95. The van der Waals surface area contributed by atoms with Crippen LogP contribution in [0.1, 0.15) is 47.1 Å². The van der Waals surface area contributed by atoms with E-state index in [1.165, 1.54) is 59.2 Å². The zero-order valence-corrected chi connectivity index (χ0v) is 17.0. The molecule has 1 N–H and O–H groups in total. The third kappa shape index (κ3) is 3.73. The molecular weight excluding hydrogens is 352 g/mol. The predicted molar refractivity (Wildman–Crippen MR) is 122 cm³/mol. The minimum absolute atomic E-state index is 0.217. The van der Waals surface area contributed by atoms with E-state index in [0.29, 0.717) is 5.92 Å². The highest BCUT2D eigenvalue weighted by Gasteiger charge is 2.22. The molecule has 0 aliphatic carbocycles. The number of rotatable bonds is 4. The summed E-state index contributed by atoms with van der Waals surface area (Å²) in [6.45, 7) is 2.39. The molecule has 5 rings (SSSR count). The monoisotopic (exact) mass is 380 g/mol. The van der Waals surface area contributed by atoms with E-state index >= 15 is 0 Å². The first-order valence-electron chi connectivity index (χ1n) is 10.7. The molecule has 1 atom stereocenters. The van der Waals surface area contributed by atoms with E-state index in [2.05, 4.69) is 102 Å². The number of nitrogens with zero attached hydrogens (tertiary/aromatic N) is 1. The average molecular weight is 381 g/mol. The number of benzene rings is 3. The lowest BCUT2D eigenvalue weighted by Crippen LogP contribution is -2.29. The van der Waals surface area contributed by atoms with Gasteiger partial charge in [-0.2, -0.15) is 0 Å². The first kappa shape index (κ1) is 18.2. The van der Waals surface area contributed by atoms with Crippen LogP contribution in [0.15, 0.2) is 84.9 Å². The van der Waals surface area contributed by atoms with Crippen molar-refractivity contribution in [2.24, 2.45) is 0 Å². The van der Waals surface area contributed by atoms with Crippen molar-refractivity contribution in [3.05, 3.63) is 107 Å². The SMILES string of the molecule is CN1CCC(c2cccc(C(c3ccccc3)c3cc4ccccc4[nH]3)c2)CC1. The number of hydrogen-bond acceptors (Lipinski definition) is 1. The van der Waals surface area contributed by atoms with Gasteiger partial charge in [0, 0.05) is 17.1 Å². The van der Waals surface area contributed by atoms with Crippen molar-refractivity contribution in [2.75, 3.05) is 20.1 Å². The summed E-state index contributed by atoms with van der Waals surface area (Å²) < 4.78 is 0. The van der Waals surface area contributed by atoms with Crippen LogP contribution in [0.4, 0.5) is 0 Å². The van der Waals surface area contributed by atoms with Gasteiger partial charge in [-0.05, 0) is 73.1 Å². The van der Waals surface area contributed by atoms with Crippen LogP contribution in [-0.2, 0) is 0 Å². The van der Waals surface area contributed by atoms with Gasteiger partial charge >= 0.3 is 0 Å². The van der Waals surface area contributed by atoms with Crippen LogP contribution in [0.25, 0.3) is 10.9 Å². The Morgan fingerprint density at radius 2 is 1.52 bits per heavy atom. The van der Waals surface area contributed by atoms with Gasteiger partial charge in [-0.15, -0.1) is 0 Å². The molecule has 0 spiro atoms. The van der Waals surface area contributed by atoms with Gasteiger partial charge in [-0.1, -0.05) is 72.8 Å². The standard InChI is InChI=1S/C27H28N2/c1-29-16-14-20(15-17-29)22-11-7-12-24(18-22)27(21-8-3-2-4-9-21)26-19-23-10-5-6-13-25(23)28-26/h2-13,18-20,27-28H,14-17H2,1H3. The number of piperidine rings is 1. The summed E-state index contributed by atoms with van der Waals surface area (Å²) in [6.07, 6.45) is 2.50. The lowest BCUT2D eigenvalue weighted by molar-refractivity contribution is 0.255. The number of para-hydroxylation sites is 1. The minimum atomic E-state index is 0.217. The topological polar surface area (TPSA) is 19.0 Å². The Bertz CT molecular complexity index is 1050. The van der Waals surface area contributed by atoms with Gasteiger partial charge in [-0.25, -0.2) is 0 Å². The predicted octanol–water partition coefficient (Wildman–Crippen LogP) is 6.16. The molecule has 1 saturated heterocycles. The van der Waals surface area contributed by atoms with E-state index in [0.717, 1.165) is 0 Å². The van der Waals surface area contributed by atoms with Crippen LogP contribution in [0.3, 0.4) is 0 Å². The summed E-state index contributed by atoms with van der Waals surface area (Å²) in [7, 11) is 2.23. The van der Waals surface area contributed by atoms with Crippen molar-refractivity contribution < 1.29 is 0 Å². The van der Waals surface area contributed by atoms with Gasteiger partial charge < -0.3 is 9.88 Å². The number of aromatic amines is 1. The van der Waals surface area contributed by atoms with E-state index < -0.39 is 0 Å². The van der Waals surface area contributed by atoms with E-state index in [1.54, 1.807) is 0 Å². The smallest absolute Gasteiger partial charge is 0.0491 e. The fourth-order valence-electron chi connectivity index (χ4n) is 4.78. The van der Waals surface area contributed by atoms with Gasteiger partial charge in [0.05, 0.1) is 0 Å². The molecule has 0 radical (unpaired) electrons. The van der Waals surface area contributed by atoms with E-state index in [-0.39, 0.29) is 5.92 Å². The van der Waals surface area contributed by atoms with Crippen molar-refractivity contribution in [1.29, 1.82) is 0 Å². The molecule has 1 fully saturated rings. The van der Waals surface area contributed by atoms with Gasteiger partial charge in [0.25, 0.3) is 0 Å². The van der Waals surface area contributed by atoms with Crippen molar-refractivity contribution in [3.8, 4) is 0 Å². The summed E-state index contributed by atoms with van der Waals surface area (Å²) in [4.78, 5) is 6.13. The van der Waals surface area contributed by atoms with Crippen molar-refractivity contribution in [2.45, 2.75) is 24.7 Å². The molecule has 1 aliphatic rings. The number of aromatic nitrogens is 1. The summed E-state index contributed by atoms with van der Waals surface area (Å²) in [6, 6.07) is 31.1. The second-order valence-corrected chi connectivity index (χ2v) is 8.40. The highest BCUT2D eigenvalue weighted by atomic mass is 15.1. The molecule has 1 aliphatic heterocycles. The Labute approximate surface area is 173 Å².